The molecule has 0 amide bonds. The van der Waals surface area contributed by atoms with Crippen LogP contribution in [0.1, 0.15) is 10.4 Å². The lowest BCUT2D eigenvalue weighted by Gasteiger charge is -2.02. The molecule has 1 aromatic heterocycles. The molecule has 0 fully saturated rings. The van der Waals surface area contributed by atoms with Crippen LogP contribution in [0.5, 0.6) is 5.75 Å². The molecule has 0 atom stereocenters. The fourth-order valence-corrected chi connectivity index (χ4v) is 1.98. The molecular weight excluding hydrogens is 248 g/mol. The number of phenolic OH excluding ortho intramolecular Hbond substituents is 1. The van der Waals surface area contributed by atoms with Gasteiger partial charge in [-0.3, -0.25) is 4.79 Å². The number of fused-ring (bicyclic) bond motifs is 2. The van der Waals surface area contributed by atoms with Crippen molar-refractivity contribution < 1.29 is 19.4 Å². The van der Waals surface area contributed by atoms with E-state index in [2.05, 4.69) is 0 Å². The molecule has 19 heavy (non-hydrogen) atoms. The standard InChI is InChI=1S/C14H8O5/c15-8-2-4-11-10(6-8)13(16)9-3-1-7(14(17)18)5-12(9)19-11/h1-6,15H,(H,17,18). The monoisotopic (exact) mass is 256 g/mol. The van der Waals surface area contributed by atoms with Crippen LogP contribution < -0.4 is 5.43 Å². The maximum Gasteiger partial charge on any atom is 0.335 e. The Morgan fingerprint density at radius 3 is 2.53 bits per heavy atom. The number of rotatable bonds is 1. The lowest BCUT2D eigenvalue weighted by atomic mass is 10.1. The Morgan fingerprint density at radius 2 is 1.79 bits per heavy atom. The van der Waals surface area contributed by atoms with Gasteiger partial charge in [0.1, 0.15) is 16.9 Å². The highest BCUT2D eigenvalue weighted by molar-refractivity contribution is 5.95. The minimum Gasteiger partial charge on any atom is -0.508 e. The molecule has 3 rings (SSSR count). The zero-order valence-corrected chi connectivity index (χ0v) is 9.58. The second kappa shape index (κ2) is 3.84. The summed E-state index contributed by atoms with van der Waals surface area (Å²) in [5.41, 5.74) is 0.263. The third-order valence-corrected chi connectivity index (χ3v) is 2.90. The molecule has 0 aliphatic carbocycles. The van der Waals surface area contributed by atoms with Gasteiger partial charge in [0.25, 0.3) is 0 Å². The van der Waals surface area contributed by atoms with Gasteiger partial charge in [-0.05, 0) is 36.4 Å². The first-order valence-electron chi connectivity index (χ1n) is 5.49. The number of carbonyl (C=O) groups is 1. The number of hydrogen-bond acceptors (Lipinski definition) is 4. The van der Waals surface area contributed by atoms with Gasteiger partial charge in [0.05, 0.1) is 16.3 Å². The predicted octanol–water partition coefficient (Wildman–Crippen LogP) is 2.35. The number of carboxylic acids is 1. The molecule has 1 heterocycles. The molecule has 5 nitrogen and oxygen atoms in total. The van der Waals surface area contributed by atoms with Crippen LogP contribution in [0.3, 0.4) is 0 Å². The van der Waals surface area contributed by atoms with Crippen molar-refractivity contribution in [3.63, 3.8) is 0 Å². The topological polar surface area (TPSA) is 87.7 Å². The maximum absolute atomic E-state index is 12.2. The van der Waals surface area contributed by atoms with Crippen molar-refractivity contribution in [3.8, 4) is 5.75 Å². The van der Waals surface area contributed by atoms with Crippen LogP contribution in [0.4, 0.5) is 0 Å². The first-order valence-corrected chi connectivity index (χ1v) is 5.49. The van der Waals surface area contributed by atoms with E-state index in [1.165, 1.54) is 36.4 Å². The summed E-state index contributed by atoms with van der Waals surface area (Å²) in [6.45, 7) is 0. The summed E-state index contributed by atoms with van der Waals surface area (Å²) in [4.78, 5) is 23.1. The Bertz CT molecular complexity index is 876. The molecule has 0 bridgehead atoms. The highest BCUT2D eigenvalue weighted by Gasteiger charge is 2.11. The van der Waals surface area contributed by atoms with E-state index in [-0.39, 0.29) is 33.1 Å². The van der Waals surface area contributed by atoms with Crippen LogP contribution in [0.25, 0.3) is 21.9 Å². The van der Waals surface area contributed by atoms with Crippen LogP contribution in [0.15, 0.2) is 45.6 Å². The molecular formula is C14H8O5. The summed E-state index contributed by atoms with van der Waals surface area (Å²) in [6, 6.07) is 8.26. The summed E-state index contributed by atoms with van der Waals surface area (Å²) in [5.74, 6) is -1.11. The fourth-order valence-electron chi connectivity index (χ4n) is 1.98. The van der Waals surface area contributed by atoms with Crippen molar-refractivity contribution in [2.75, 3.05) is 0 Å². The molecule has 0 aliphatic heterocycles. The molecule has 94 valence electrons. The van der Waals surface area contributed by atoms with Crippen molar-refractivity contribution >= 4 is 27.9 Å². The average molecular weight is 256 g/mol. The molecule has 3 aromatic rings. The van der Waals surface area contributed by atoms with Gasteiger partial charge in [-0.2, -0.15) is 0 Å². The summed E-state index contributed by atoms with van der Waals surface area (Å²) in [7, 11) is 0. The van der Waals surface area contributed by atoms with Crippen LogP contribution in [0.2, 0.25) is 0 Å². The van der Waals surface area contributed by atoms with Gasteiger partial charge in [-0.1, -0.05) is 0 Å². The first-order chi connectivity index (χ1) is 9.06. The van der Waals surface area contributed by atoms with Crippen molar-refractivity contribution in [2.24, 2.45) is 0 Å². The van der Waals surface area contributed by atoms with E-state index < -0.39 is 5.97 Å². The molecule has 0 aliphatic rings. The lowest BCUT2D eigenvalue weighted by molar-refractivity contribution is 0.0697. The van der Waals surface area contributed by atoms with E-state index >= 15 is 0 Å². The summed E-state index contributed by atoms with van der Waals surface area (Å²) >= 11 is 0. The molecule has 5 heteroatoms. The smallest absolute Gasteiger partial charge is 0.335 e. The number of aromatic hydroxyl groups is 1. The zero-order valence-electron chi connectivity index (χ0n) is 9.58. The van der Waals surface area contributed by atoms with E-state index in [0.717, 1.165) is 0 Å². The van der Waals surface area contributed by atoms with Gasteiger partial charge in [0.15, 0.2) is 0 Å². The number of benzene rings is 2. The molecule has 2 N–H and O–H groups in total. The van der Waals surface area contributed by atoms with Gasteiger partial charge < -0.3 is 14.6 Å². The number of aromatic carboxylic acids is 1. The average Bonchev–Trinajstić information content (AvgIpc) is 2.39. The Labute approximate surface area is 106 Å². The molecule has 2 aromatic carbocycles. The van der Waals surface area contributed by atoms with Crippen molar-refractivity contribution in [2.45, 2.75) is 0 Å². The van der Waals surface area contributed by atoms with Gasteiger partial charge >= 0.3 is 5.97 Å². The van der Waals surface area contributed by atoms with Crippen molar-refractivity contribution in [1.29, 1.82) is 0 Å². The van der Waals surface area contributed by atoms with Crippen LogP contribution in [-0.4, -0.2) is 16.2 Å². The Balaban J connectivity index is 2.46. The largest absolute Gasteiger partial charge is 0.508 e. The maximum atomic E-state index is 12.2. The van der Waals surface area contributed by atoms with Crippen molar-refractivity contribution in [3.05, 3.63) is 52.2 Å². The number of carboxylic acid groups (broad SMARTS) is 1. The normalized spacial score (nSPS) is 10.9. The lowest BCUT2D eigenvalue weighted by Crippen LogP contribution is -2.03. The Hall–Kier alpha value is -2.82. The summed E-state index contributed by atoms with van der Waals surface area (Å²) < 4.78 is 5.50. The molecule has 0 saturated heterocycles. The fraction of sp³-hybridized carbons (Fsp3) is 0. The summed E-state index contributed by atoms with van der Waals surface area (Å²) in [6.07, 6.45) is 0. The molecule has 0 spiro atoms. The second-order valence-corrected chi connectivity index (χ2v) is 4.13. The minimum atomic E-state index is -1.09. The molecule has 0 saturated carbocycles. The van der Waals surface area contributed by atoms with Crippen molar-refractivity contribution in [1.82, 2.24) is 0 Å². The minimum absolute atomic E-state index is 0.0266. The third kappa shape index (κ3) is 1.72. The van der Waals surface area contributed by atoms with E-state index in [0.29, 0.717) is 5.58 Å². The Morgan fingerprint density at radius 1 is 1.00 bits per heavy atom. The highest BCUT2D eigenvalue weighted by Crippen LogP contribution is 2.22. The number of hydrogen-bond donors (Lipinski definition) is 2. The third-order valence-electron chi connectivity index (χ3n) is 2.90. The second-order valence-electron chi connectivity index (χ2n) is 4.13. The SMILES string of the molecule is O=C(O)c1ccc2c(=O)c3cc(O)ccc3oc2c1. The molecule has 0 radical (unpaired) electrons. The van der Waals surface area contributed by atoms with Crippen LogP contribution in [0, 0.1) is 0 Å². The highest BCUT2D eigenvalue weighted by atomic mass is 16.4. The van der Waals surface area contributed by atoms with Gasteiger partial charge in [-0.15, -0.1) is 0 Å². The van der Waals surface area contributed by atoms with Gasteiger partial charge in [-0.25, -0.2) is 4.79 Å². The number of phenols is 1. The van der Waals surface area contributed by atoms with E-state index in [9.17, 15) is 14.7 Å². The van der Waals surface area contributed by atoms with Gasteiger partial charge in [0.2, 0.25) is 5.43 Å². The van der Waals surface area contributed by atoms with Crippen LogP contribution in [-0.2, 0) is 0 Å². The van der Waals surface area contributed by atoms with E-state index in [4.69, 9.17) is 9.52 Å². The predicted molar refractivity (Wildman–Crippen MR) is 68.6 cm³/mol. The molecule has 0 unspecified atom stereocenters. The first kappa shape index (κ1) is 11.3. The van der Waals surface area contributed by atoms with Crippen LogP contribution >= 0.6 is 0 Å². The zero-order chi connectivity index (χ0) is 13.6. The Kier molecular flexibility index (Phi) is 2.28. The van der Waals surface area contributed by atoms with E-state index in [1.54, 1.807) is 0 Å². The van der Waals surface area contributed by atoms with E-state index in [1.807, 2.05) is 0 Å². The van der Waals surface area contributed by atoms with Gasteiger partial charge in [0, 0.05) is 0 Å². The summed E-state index contributed by atoms with van der Waals surface area (Å²) in [5, 5.41) is 18.8. The quantitative estimate of drug-likeness (QED) is 0.652.